The molecule has 2 aromatic rings. The number of hydrogen-bond donors (Lipinski definition) is 1. The molecule has 5 rings (SSSR count). The Morgan fingerprint density at radius 2 is 1.75 bits per heavy atom. The van der Waals surface area contributed by atoms with Gasteiger partial charge in [0.15, 0.2) is 6.29 Å². The third kappa shape index (κ3) is 3.15. The third-order valence-electron chi connectivity index (χ3n) is 6.14. The first-order valence-corrected chi connectivity index (χ1v) is 11.1. The summed E-state index contributed by atoms with van der Waals surface area (Å²) < 4.78 is 39.9. The van der Waals surface area contributed by atoms with Gasteiger partial charge in [0.05, 0.1) is 18.1 Å². The standard InChI is InChI=1S/C22H23NO4S/c24-28(25,20-7-2-1-3-8-20)23-19-6-4-5-17(12-19)21-26-14-22(15-27-21)13-16-9-10-18(22)11-16/h1-10,12,16,18,21,23H,11,13-15H2. The van der Waals surface area contributed by atoms with Crippen LogP contribution in [0.2, 0.25) is 0 Å². The normalized spacial score (nSPS) is 31.4. The fraction of sp³-hybridized carbons (Fsp3) is 0.364. The largest absolute Gasteiger partial charge is 0.348 e. The Hall–Kier alpha value is -2.15. The minimum Gasteiger partial charge on any atom is -0.348 e. The van der Waals surface area contributed by atoms with E-state index in [-0.39, 0.29) is 10.3 Å². The smallest absolute Gasteiger partial charge is 0.261 e. The molecule has 1 spiro atoms. The van der Waals surface area contributed by atoms with Crippen LogP contribution in [0.4, 0.5) is 5.69 Å². The average molecular weight is 397 g/mol. The van der Waals surface area contributed by atoms with Gasteiger partial charge >= 0.3 is 0 Å². The number of nitrogens with one attached hydrogen (secondary N) is 1. The predicted octanol–water partition coefficient (Wildman–Crippen LogP) is 4.12. The molecule has 2 aliphatic carbocycles. The van der Waals surface area contributed by atoms with Gasteiger partial charge in [0.1, 0.15) is 0 Å². The van der Waals surface area contributed by atoms with E-state index in [1.165, 1.54) is 6.42 Å². The molecule has 2 unspecified atom stereocenters. The van der Waals surface area contributed by atoms with Crippen LogP contribution in [-0.2, 0) is 19.5 Å². The van der Waals surface area contributed by atoms with Crippen molar-refractivity contribution < 1.29 is 17.9 Å². The summed E-state index contributed by atoms with van der Waals surface area (Å²) in [6.45, 7) is 1.37. The minimum absolute atomic E-state index is 0.114. The molecule has 2 fully saturated rings. The Balaban J connectivity index is 1.30. The summed E-state index contributed by atoms with van der Waals surface area (Å²) in [5.41, 5.74) is 1.43. The first-order valence-electron chi connectivity index (χ1n) is 9.64. The molecular weight excluding hydrogens is 374 g/mol. The van der Waals surface area contributed by atoms with Gasteiger partial charge in [-0.25, -0.2) is 8.42 Å². The third-order valence-corrected chi connectivity index (χ3v) is 7.53. The molecule has 5 nitrogen and oxygen atoms in total. The van der Waals surface area contributed by atoms with Crippen molar-refractivity contribution in [1.82, 2.24) is 0 Å². The molecule has 1 heterocycles. The Kier molecular flexibility index (Phi) is 4.30. The number of benzene rings is 2. The second-order valence-electron chi connectivity index (χ2n) is 8.05. The maximum Gasteiger partial charge on any atom is 0.261 e. The summed E-state index contributed by atoms with van der Waals surface area (Å²) >= 11 is 0. The van der Waals surface area contributed by atoms with E-state index in [2.05, 4.69) is 16.9 Å². The lowest BCUT2D eigenvalue weighted by Crippen LogP contribution is -2.41. The zero-order valence-electron chi connectivity index (χ0n) is 15.5. The Morgan fingerprint density at radius 1 is 0.964 bits per heavy atom. The van der Waals surface area contributed by atoms with Gasteiger partial charge in [0.25, 0.3) is 10.0 Å². The summed E-state index contributed by atoms with van der Waals surface area (Å²) in [5, 5.41) is 0. The van der Waals surface area contributed by atoms with Crippen molar-refractivity contribution in [1.29, 1.82) is 0 Å². The number of ether oxygens (including phenoxy) is 2. The van der Waals surface area contributed by atoms with E-state index in [4.69, 9.17) is 9.47 Å². The van der Waals surface area contributed by atoms with Crippen LogP contribution in [0.3, 0.4) is 0 Å². The van der Waals surface area contributed by atoms with Crippen LogP contribution in [0.25, 0.3) is 0 Å². The van der Waals surface area contributed by atoms with Crippen LogP contribution in [0.15, 0.2) is 71.6 Å². The summed E-state index contributed by atoms with van der Waals surface area (Å²) in [7, 11) is -3.62. The maximum atomic E-state index is 12.6. The van der Waals surface area contributed by atoms with Gasteiger partial charge in [-0.3, -0.25) is 4.72 Å². The van der Waals surface area contributed by atoms with Crippen LogP contribution in [0.1, 0.15) is 24.7 Å². The van der Waals surface area contributed by atoms with Gasteiger partial charge in [-0.05, 0) is 48.9 Å². The summed E-state index contributed by atoms with van der Waals surface area (Å²) in [6.07, 6.45) is 6.53. The molecule has 3 aliphatic rings. The highest BCUT2D eigenvalue weighted by molar-refractivity contribution is 7.92. The van der Waals surface area contributed by atoms with Crippen LogP contribution >= 0.6 is 0 Å². The van der Waals surface area contributed by atoms with E-state index >= 15 is 0 Å². The molecule has 0 amide bonds. The Labute approximate surface area is 165 Å². The van der Waals surface area contributed by atoms with Gasteiger partial charge < -0.3 is 9.47 Å². The minimum atomic E-state index is -3.62. The monoisotopic (exact) mass is 397 g/mol. The molecule has 0 radical (unpaired) electrons. The zero-order chi connectivity index (χ0) is 19.2. The van der Waals surface area contributed by atoms with Crippen molar-refractivity contribution >= 4 is 15.7 Å². The molecule has 2 atom stereocenters. The van der Waals surface area contributed by atoms with Gasteiger partial charge in [-0.15, -0.1) is 0 Å². The van der Waals surface area contributed by atoms with Crippen molar-refractivity contribution in [2.24, 2.45) is 17.3 Å². The molecule has 1 saturated heterocycles. The number of anilines is 1. The van der Waals surface area contributed by atoms with Gasteiger partial charge in [-0.1, -0.05) is 42.5 Å². The zero-order valence-corrected chi connectivity index (χ0v) is 16.3. The molecule has 146 valence electrons. The molecule has 2 bridgehead atoms. The number of allylic oxidation sites excluding steroid dienone is 2. The van der Waals surface area contributed by atoms with E-state index in [1.807, 2.05) is 12.1 Å². The van der Waals surface area contributed by atoms with E-state index in [1.54, 1.807) is 42.5 Å². The Bertz CT molecular complexity index is 994. The number of hydrogen-bond acceptors (Lipinski definition) is 4. The molecule has 6 heteroatoms. The molecule has 1 N–H and O–H groups in total. The highest BCUT2D eigenvalue weighted by atomic mass is 32.2. The van der Waals surface area contributed by atoms with Crippen LogP contribution in [-0.4, -0.2) is 21.6 Å². The highest BCUT2D eigenvalue weighted by Crippen LogP contribution is 2.54. The van der Waals surface area contributed by atoms with Crippen LogP contribution < -0.4 is 4.72 Å². The number of sulfonamides is 1. The topological polar surface area (TPSA) is 64.6 Å². The molecule has 2 aromatic carbocycles. The second-order valence-corrected chi connectivity index (χ2v) is 9.73. The molecule has 1 aliphatic heterocycles. The molecule has 28 heavy (non-hydrogen) atoms. The lowest BCUT2D eigenvalue weighted by molar-refractivity contribution is -0.239. The van der Waals surface area contributed by atoms with Crippen molar-refractivity contribution in [3.63, 3.8) is 0 Å². The maximum absolute atomic E-state index is 12.6. The molecule has 1 saturated carbocycles. The lowest BCUT2D eigenvalue weighted by Gasteiger charge is -2.41. The first-order chi connectivity index (χ1) is 13.5. The van der Waals surface area contributed by atoms with E-state index in [0.29, 0.717) is 30.7 Å². The van der Waals surface area contributed by atoms with Gasteiger partial charge in [0, 0.05) is 16.7 Å². The predicted molar refractivity (Wildman–Crippen MR) is 106 cm³/mol. The molecular formula is C22H23NO4S. The SMILES string of the molecule is O=S(=O)(Nc1cccc(C2OCC3(CO2)CC2C=CC3C2)c1)c1ccccc1. The first kappa shape index (κ1) is 17.9. The molecule has 0 aromatic heterocycles. The number of fused-ring (bicyclic) bond motifs is 3. The van der Waals surface area contributed by atoms with E-state index in [9.17, 15) is 8.42 Å². The quantitative estimate of drug-likeness (QED) is 0.789. The summed E-state index contributed by atoms with van der Waals surface area (Å²) in [5.74, 6) is 1.23. The lowest BCUT2D eigenvalue weighted by atomic mass is 9.76. The highest BCUT2D eigenvalue weighted by Gasteiger charge is 2.51. The van der Waals surface area contributed by atoms with Crippen molar-refractivity contribution in [2.45, 2.75) is 24.0 Å². The second kappa shape index (κ2) is 6.72. The van der Waals surface area contributed by atoms with Crippen molar-refractivity contribution in [3.05, 3.63) is 72.3 Å². The van der Waals surface area contributed by atoms with Gasteiger partial charge in [0.2, 0.25) is 0 Å². The van der Waals surface area contributed by atoms with Gasteiger partial charge in [-0.2, -0.15) is 0 Å². The Morgan fingerprint density at radius 3 is 2.43 bits per heavy atom. The van der Waals surface area contributed by atoms with Crippen molar-refractivity contribution in [3.8, 4) is 0 Å². The fourth-order valence-electron chi connectivity index (χ4n) is 4.71. The van der Waals surface area contributed by atoms with Crippen LogP contribution in [0.5, 0.6) is 0 Å². The summed E-state index contributed by atoms with van der Waals surface area (Å²) in [4.78, 5) is 0.233. The average Bonchev–Trinajstić information content (AvgIpc) is 3.30. The van der Waals surface area contributed by atoms with Crippen LogP contribution in [0, 0.1) is 17.3 Å². The van der Waals surface area contributed by atoms with E-state index < -0.39 is 16.3 Å². The number of rotatable bonds is 4. The van der Waals surface area contributed by atoms with E-state index in [0.717, 1.165) is 12.0 Å². The summed E-state index contributed by atoms with van der Waals surface area (Å²) in [6, 6.07) is 15.6. The fourth-order valence-corrected chi connectivity index (χ4v) is 5.78. The van der Waals surface area contributed by atoms with Crippen molar-refractivity contribution in [2.75, 3.05) is 17.9 Å².